The molecule has 0 unspecified atom stereocenters. The van der Waals surface area contributed by atoms with E-state index in [2.05, 4.69) is 35.9 Å². The Balaban J connectivity index is 1.56. The summed E-state index contributed by atoms with van der Waals surface area (Å²) < 4.78 is 0. The molecule has 23 heavy (non-hydrogen) atoms. The fraction of sp³-hybridized carbons (Fsp3) is 0.556. The van der Waals surface area contributed by atoms with Crippen molar-refractivity contribution < 1.29 is 4.79 Å². The number of aromatic amines is 1. The number of nitrogens with zero attached hydrogens (tertiary/aromatic N) is 2. The molecule has 1 atom stereocenters. The molecule has 0 radical (unpaired) electrons. The molecule has 122 valence electrons. The summed E-state index contributed by atoms with van der Waals surface area (Å²) in [7, 11) is 0. The zero-order valence-corrected chi connectivity index (χ0v) is 14.6. The predicted octanol–water partition coefficient (Wildman–Crippen LogP) is 4.01. The topological polar surface area (TPSA) is 49.0 Å². The highest BCUT2D eigenvalue weighted by molar-refractivity contribution is 7.15. The van der Waals surface area contributed by atoms with Gasteiger partial charge in [-0.05, 0) is 38.8 Å². The van der Waals surface area contributed by atoms with Crippen molar-refractivity contribution in [3.05, 3.63) is 28.5 Å². The quantitative estimate of drug-likeness (QED) is 0.925. The van der Waals surface area contributed by atoms with Gasteiger partial charge in [-0.25, -0.2) is 4.98 Å². The number of hydrogen-bond donors (Lipinski definition) is 1. The molecule has 1 aliphatic carbocycles. The van der Waals surface area contributed by atoms with Crippen LogP contribution in [0.4, 0.5) is 0 Å². The molecule has 1 amide bonds. The smallest absolute Gasteiger partial charge is 0.223 e. The van der Waals surface area contributed by atoms with E-state index >= 15 is 0 Å². The lowest BCUT2D eigenvalue weighted by atomic mass is 10.1. The van der Waals surface area contributed by atoms with Crippen LogP contribution in [0.25, 0.3) is 10.6 Å². The molecule has 2 fully saturated rings. The second-order valence-electron chi connectivity index (χ2n) is 6.89. The standard InChI is InChI=1S/C18H23N3OS/c1-11-7-8-15(23-11)17-12(2)19-18(20-17)13-9-16(22)21(10-13)14-5-3-4-6-14/h7-8,13-14H,3-6,9-10H2,1-2H3,(H,19,20)/t13-/m0/s1. The van der Waals surface area contributed by atoms with Gasteiger partial charge < -0.3 is 9.88 Å². The summed E-state index contributed by atoms with van der Waals surface area (Å²) in [5.41, 5.74) is 2.15. The van der Waals surface area contributed by atoms with Crippen LogP contribution in [0, 0.1) is 13.8 Å². The molecule has 3 heterocycles. The zero-order valence-electron chi connectivity index (χ0n) is 13.8. The maximum absolute atomic E-state index is 12.4. The maximum atomic E-state index is 12.4. The lowest BCUT2D eigenvalue weighted by molar-refractivity contribution is -0.129. The predicted molar refractivity (Wildman–Crippen MR) is 92.7 cm³/mol. The SMILES string of the molecule is Cc1ccc(-c2nc([C@H]3CC(=O)N(C4CCCC4)C3)[nH]c2C)s1. The molecule has 4 rings (SSSR count). The molecule has 5 heteroatoms. The molecule has 0 spiro atoms. The average molecular weight is 329 g/mol. The molecule has 1 saturated carbocycles. The van der Waals surface area contributed by atoms with Gasteiger partial charge in [0.1, 0.15) is 11.5 Å². The van der Waals surface area contributed by atoms with Crippen LogP contribution in [0.5, 0.6) is 0 Å². The lowest BCUT2D eigenvalue weighted by Gasteiger charge is -2.23. The highest BCUT2D eigenvalue weighted by Crippen LogP contribution is 2.35. The molecule has 1 saturated heterocycles. The van der Waals surface area contributed by atoms with Crippen LogP contribution >= 0.6 is 11.3 Å². The van der Waals surface area contributed by atoms with E-state index in [4.69, 9.17) is 4.98 Å². The first kappa shape index (κ1) is 14.9. The number of hydrogen-bond acceptors (Lipinski definition) is 3. The van der Waals surface area contributed by atoms with Gasteiger partial charge in [0, 0.05) is 35.5 Å². The molecule has 0 aromatic carbocycles. The Morgan fingerprint density at radius 1 is 1.26 bits per heavy atom. The Labute approximate surface area is 140 Å². The molecule has 1 aliphatic heterocycles. The number of thiophene rings is 1. The van der Waals surface area contributed by atoms with Gasteiger partial charge in [0.25, 0.3) is 0 Å². The summed E-state index contributed by atoms with van der Waals surface area (Å²) in [6.45, 7) is 5.03. The highest BCUT2D eigenvalue weighted by atomic mass is 32.1. The molecule has 1 N–H and O–H groups in total. The summed E-state index contributed by atoms with van der Waals surface area (Å²) in [6, 6.07) is 4.75. The molecule has 0 bridgehead atoms. The fourth-order valence-corrected chi connectivity index (χ4v) is 4.88. The summed E-state index contributed by atoms with van der Waals surface area (Å²) in [4.78, 5) is 25.3. The third-order valence-corrected chi connectivity index (χ3v) is 6.19. The van der Waals surface area contributed by atoms with Crippen LogP contribution in [0.1, 0.15) is 54.4 Å². The monoisotopic (exact) mass is 329 g/mol. The number of nitrogens with one attached hydrogen (secondary N) is 1. The van der Waals surface area contributed by atoms with Crippen molar-refractivity contribution in [1.29, 1.82) is 0 Å². The van der Waals surface area contributed by atoms with Gasteiger partial charge in [-0.1, -0.05) is 12.8 Å². The number of amides is 1. The number of carbonyl (C=O) groups excluding carboxylic acids is 1. The van der Waals surface area contributed by atoms with Crippen molar-refractivity contribution in [1.82, 2.24) is 14.9 Å². The number of aryl methyl sites for hydroxylation is 2. The minimum Gasteiger partial charge on any atom is -0.345 e. The zero-order chi connectivity index (χ0) is 16.0. The van der Waals surface area contributed by atoms with Crippen molar-refractivity contribution in [2.45, 2.75) is 57.9 Å². The van der Waals surface area contributed by atoms with Crippen LogP contribution in [0.15, 0.2) is 12.1 Å². The number of H-pyrrole nitrogens is 1. The van der Waals surface area contributed by atoms with Crippen LogP contribution in [0.2, 0.25) is 0 Å². The van der Waals surface area contributed by atoms with Crippen molar-refractivity contribution in [2.75, 3.05) is 6.54 Å². The largest absolute Gasteiger partial charge is 0.345 e. The van der Waals surface area contributed by atoms with E-state index in [0.29, 0.717) is 18.4 Å². The second-order valence-corrected chi connectivity index (χ2v) is 8.18. The minimum atomic E-state index is 0.219. The molecule has 2 aromatic heterocycles. The first-order valence-electron chi connectivity index (χ1n) is 8.54. The van der Waals surface area contributed by atoms with Gasteiger partial charge in [0.2, 0.25) is 5.91 Å². The lowest BCUT2D eigenvalue weighted by Crippen LogP contribution is -2.34. The van der Waals surface area contributed by atoms with E-state index in [1.807, 2.05) is 0 Å². The van der Waals surface area contributed by atoms with Crippen molar-refractivity contribution in [3.63, 3.8) is 0 Å². The average Bonchev–Trinajstić information content (AvgIpc) is 3.25. The number of carbonyl (C=O) groups is 1. The number of rotatable bonds is 3. The van der Waals surface area contributed by atoms with E-state index in [-0.39, 0.29) is 5.92 Å². The summed E-state index contributed by atoms with van der Waals surface area (Å²) >= 11 is 1.77. The summed E-state index contributed by atoms with van der Waals surface area (Å²) in [5, 5.41) is 0. The van der Waals surface area contributed by atoms with Gasteiger partial charge in [0.05, 0.1) is 4.88 Å². The first-order valence-corrected chi connectivity index (χ1v) is 9.36. The second kappa shape index (κ2) is 5.78. The van der Waals surface area contributed by atoms with Gasteiger partial charge in [-0.15, -0.1) is 11.3 Å². The van der Waals surface area contributed by atoms with Crippen LogP contribution in [-0.2, 0) is 4.79 Å². The van der Waals surface area contributed by atoms with E-state index in [1.54, 1.807) is 11.3 Å². The molecule has 2 aromatic rings. The van der Waals surface area contributed by atoms with Crippen LogP contribution < -0.4 is 0 Å². The van der Waals surface area contributed by atoms with E-state index in [0.717, 1.165) is 23.8 Å². The Hall–Kier alpha value is -1.62. The number of imidazole rings is 1. The van der Waals surface area contributed by atoms with Crippen molar-refractivity contribution in [2.24, 2.45) is 0 Å². The van der Waals surface area contributed by atoms with Gasteiger partial charge in [-0.3, -0.25) is 4.79 Å². The van der Waals surface area contributed by atoms with Gasteiger partial charge in [-0.2, -0.15) is 0 Å². The Morgan fingerprint density at radius 3 is 2.74 bits per heavy atom. The summed E-state index contributed by atoms with van der Waals surface area (Å²) in [6.07, 6.45) is 5.48. The van der Waals surface area contributed by atoms with Crippen LogP contribution in [-0.4, -0.2) is 33.4 Å². The third kappa shape index (κ3) is 2.71. The van der Waals surface area contributed by atoms with Crippen molar-refractivity contribution in [3.8, 4) is 10.6 Å². The van der Waals surface area contributed by atoms with Crippen molar-refractivity contribution >= 4 is 17.2 Å². The molecular weight excluding hydrogens is 306 g/mol. The molecular formula is C18H23N3OS. The maximum Gasteiger partial charge on any atom is 0.223 e. The third-order valence-electron chi connectivity index (χ3n) is 5.19. The Kier molecular flexibility index (Phi) is 3.76. The Bertz CT molecular complexity index is 726. The highest BCUT2D eigenvalue weighted by Gasteiger charge is 2.37. The first-order chi connectivity index (χ1) is 11.1. The van der Waals surface area contributed by atoms with Gasteiger partial charge >= 0.3 is 0 Å². The van der Waals surface area contributed by atoms with E-state index in [9.17, 15) is 4.79 Å². The van der Waals surface area contributed by atoms with Crippen LogP contribution in [0.3, 0.4) is 0 Å². The minimum absolute atomic E-state index is 0.219. The molecule has 2 aliphatic rings. The Morgan fingerprint density at radius 2 is 2.04 bits per heavy atom. The molecule has 4 nitrogen and oxygen atoms in total. The fourth-order valence-electron chi connectivity index (χ4n) is 3.96. The number of likely N-dealkylation sites (tertiary alicyclic amines) is 1. The van der Waals surface area contributed by atoms with Gasteiger partial charge in [0.15, 0.2) is 0 Å². The normalized spacial score (nSPS) is 22.4. The number of aromatic nitrogens is 2. The summed E-state index contributed by atoms with van der Waals surface area (Å²) in [5.74, 6) is 1.51. The van der Waals surface area contributed by atoms with E-state index < -0.39 is 0 Å². The van der Waals surface area contributed by atoms with E-state index in [1.165, 1.54) is 35.4 Å².